The lowest BCUT2D eigenvalue weighted by Crippen LogP contribution is -2.14. The van der Waals surface area contributed by atoms with Gasteiger partial charge in [0.15, 0.2) is 0 Å². The molecule has 10 aromatic carbocycles. The molecule has 294 valence electrons. The number of hydrogen-bond donors (Lipinski definition) is 0. The maximum Gasteiger partial charge on any atom is 0.0467 e. The van der Waals surface area contributed by atoms with Gasteiger partial charge in [-0.05, 0) is 137 Å². The molecule has 11 rings (SSSR count). The summed E-state index contributed by atoms with van der Waals surface area (Å²) in [6.45, 7) is 4.70. The molecule has 62 heavy (non-hydrogen) atoms. The predicted octanol–water partition coefficient (Wildman–Crippen LogP) is 17.0. The molecule has 1 heteroatoms. The molecule has 0 saturated carbocycles. The van der Waals surface area contributed by atoms with Crippen LogP contribution in [-0.2, 0) is 5.41 Å². The minimum atomic E-state index is -0.0459. The summed E-state index contributed by atoms with van der Waals surface area (Å²) in [4.78, 5) is 2.38. The van der Waals surface area contributed by atoms with Gasteiger partial charge in [0, 0.05) is 22.5 Å². The zero-order valence-electron chi connectivity index (χ0n) is 35.0. The molecule has 0 saturated heterocycles. The summed E-state index contributed by atoms with van der Waals surface area (Å²) in [6, 6.07) is 86.5. The molecule has 1 aliphatic rings. The zero-order chi connectivity index (χ0) is 41.6. The second kappa shape index (κ2) is 15.4. The SMILES string of the molecule is CC1(C)c2ccccc2-c2c(-c3ccc(N(c4ccc(-c5ccc(-c6ccc7ccccc7c6)cc5)cc4)c4cccc(-c5cccc(-c6ccccc6)c5)c4)cc3)cccc21. The average Bonchev–Trinajstić information content (AvgIpc) is 3.58. The Bertz CT molecular complexity index is 3230. The molecule has 1 nitrogen and oxygen atoms in total. The van der Waals surface area contributed by atoms with Crippen LogP contribution in [0.2, 0.25) is 0 Å². The fourth-order valence-electron chi connectivity index (χ4n) is 9.59. The van der Waals surface area contributed by atoms with Crippen LogP contribution in [0.4, 0.5) is 17.1 Å². The Kier molecular flexibility index (Phi) is 9.24. The van der Waals surface area contributed by atoms with Gasteiger partial charge >= 0.3 is 0 Å². The summed E-state index contributed by atoms with van der Waals surface area (Å²) in [5.74, 6) is 0. The minimum Gasteiger partial charge on any atom is -0.310 e. The van der Waals surface area contributed by atoms with Crippen LogP contribution in [0.15, 0.2) is 237 Å². The number of benzene rings is 10. The van der Waals surface area contributed by atoms with E-state index < -0.39 is 0 Å². The molecule has 1 aliphatic carbocycles. The van der Waals surface area contributed by atoms with Gasteiger partial charge in [-0.2, -0.15) is 0 Å². The highest BCUT2D eigenvalue weighted by molar-refractivity contribution is 5.93. The summed E-state index contributed by atoms with van der Waals surface area (Å²) in [5.41, 5.74) is 20.8. The van der Waals surface area contributed by atoms with E-state index in [-0.39, 0.29) is 5.41 Å². The Morgan fingerprint density at radius 2 is 0.726 bits per heavy atom. The van der Waals surface area contributed by atoms with E-state index in [0.29, 0.717) is 0 Å². The van der Waals surface area contributed by atoms with E-state index in [1.807, 2.05) is 0 Å². The van der Waals surface area contributed by atoms with Crippen LogP contribution in [-0.4, -0.2) is 0 Å². The summed E-state index contributed by atoms with van der Waals surface area (Å²) in [7, 11) is 0. The third-order valence-corrected chi connectivity index (χ3v) is 12.9. The summed E-state index contributed by atoms with van der Waals surface area (Å²) >= 11 is 0. The van der Waals surface area contributed by atoms with Gasteiger partial charge in [0.25, 0.3) is 0 Å². The molecule has 0 fully saturated rings. The van der Waals surface area contributed by atoms with E-state index in [1.54, 1.807) is 0 Å². The molecule has 10 aromatic rings. The van der Waals surface area contributed by atoms with Crippen molar-refractivity contribution in [3.8, 4) is 66.8 Å². The van der Waals surface area contributed by atoms with Crippen molar-refractivity contribution in [3.63, 3.8) is 0 Å². The third-order valence-electron chi connectivity index (χ3n) is 12.9. The number of hydrogen-bond acceptors (Lipinski definition) is 1. The zero-order valence-corrected chi connectivity index (χ0v) is 35.0. The molecular weight excluding hydrogens is 747 g/mol. The highest BCUT2D eigenvalue weighted by Crippen LogP contribution is 2.52. The Labute approximate surface area is 364 Å². The van der Waals surface area contributed by atoms with Gasteiger partial charge in [-0.1, -0.05) is 202 Å². The summed E-state index contributed by atoms with van der Waals surface area (Å²) in [6.07, 6.45) is 0. The van der Waals surface area contributed by atoms with Crippen LogP contribution < -0.4 is 4.90 Å². The number of fused-ring (bicyclic) bond motifs is 4. The van der Waals surface area contributed by atoms with E-state index in [4.69, 9.17) is 0 Å². The van der Waals surface area contributed by atoms with Gasteiger partial charge in [0.1, 0.15) is 0 Å². The van der Waals surface area contributed by atoms with Crippen LogP contribution in [0.25, 0.3) is 77.5 Å². The van der Waals surface area contributed by atoms with Crippen molar-refractivity contribution in [1.29, 1.82) is 0 Å². The Balaban J connectivity index is 0.962. The number of nitrogens with zero attached hydrogens (tertiary/aromatic N) is 1. The summed E-state index contributed by atoms with van der Waals surface area (Å²) in [5, 5.41) is 2.52. The first-order valence-corrected chi connectivity index (χ1v) is 21.6. The molecule has 0 spiro atoms. The van der Waals surface area contributed by atoms with Crippen molar-refractivity contribution in [2.45, 2.75) is 19.3 Å². The van der Waals surface area contributed by atoms with E-state index in [2.05, 4.69) is 255 Å². The Morgan fingerprint density at radius 3 is 1.45 bits per heavy atom. The van der Waals surface area contributed by atoms with Crippen molar-refractivity contribution >= 4 is 27.8 Å². The second-order valence-electron chi connectivity index (χ2n) is 17.0. The predicted molar refractivity (Wildman–Crippen MR) is 263 cm³/mol. The molecule has 0 bridgehead atoms. The summed E-state index contributed by atoms with van der Waals surface area (Å²) < 4.78 is 0. The van der Waals surface area contributed by atoms with Gasteiger partial charge in [-0.25, -0.2) is 0 Å². The average molecular weight is 792 g/mol. The van der Waals surface area contributed by atoms with Gasteiger partial charge in [0.05, 0.1) is 0 Å². The van der Waals surface area contributed by atoms with Crippen LogP contribution in [0.1, 0.15) is 25.0 Å². The largest absolute Gasteiger partial charge is 0.310 e. The molecule has 0 aromatic heterocycles. The minimum absolute atomic E-state index is 0.0459. The standard InChI is InChI=1S/C61H45N/c1-61(2)58-23-9-8-21-57(58)60-56(22-12-24-59(60)61)47-33-37-54(38-34-47)62(55-20-11-19-51(41-55)50-18-10-17-49(39-50)42-13-4-3-5-14-42)53-35-31-45(32-36-53)44-25-27-46(28-26-44)52-30-29-43-15-6-7-16-48(43)40-52/h3-41H,1-2H3. The maximum absolute atomic E-state index is 2.38. The van der Waals surface area contributed by atoms with Crippen molar-refractivity contribution in [3.05, 3.63) is 248 Å². The first-order valence-electron chi connectivity index (χ1n) is 21.6. The van der Waals surface area contributed by atoms with Crippen LogP contribution in [0.3, 0.4) is 0 Å². The van der Waals surface area contributed by atoms with Crippen LogP contribution >= 0.6 is 0 Å². The highest BCUT2D eigenvalue weighted by Gasteiger charge is 2.36. The first-order chi connectivity index (χ1) is 30.5. The Hall–Kier alpha value is -7.74. The fourth-order valence-corrected chi connectivity index (χ4v) is 9.59. The molecular formula is C61H45N. The fraction of sp³-hybridized carbons (Fsp3) is 0.0492. The molecule has 0 N–H and O–H groups in total. The second-order valence-corrected chi connectivity index (χ2v) is 17.0. The quantitative estimate of drug-likeness (QED) is 0.148. The topological polar surface area (TPSA) is 3.24 Å². The Morgan fingerprint density at radius 1 is 0.274 bits per heavy atom. The smallest absolute Gasteiger partial charge is 0.0467 e. The lowest BCUT2D eigenvalue weighted by Gasteiger charge is -2.27. The molecule has 0 unspecified atom stereocenters. The lowest BCUT2D eigenvalue weighted by atomic mass is 9.82. The van der Waals surface area contributed by atoms with Crippen molar-refractivity contribution < 1.29 is 0 Å². The van der Waals surface area contributed by atoms with Crippen molar-refractivity contribution in [1.82, 2.24) is 0 Å². The van der Waals surface area contributed by atoms with Gasteiger partial charge < -0.3 is 4.90 Å². The van der Waals surface area contributed by atoms with Crippen molar-refractivity contribution in [2.24, 2.45) is 0 Å². The monoisotopic (exact) mass is 791 g/mol. The molecule has 0 amide bonds. The van der Waals surface area contributed by atoms with Gasteiger partial charge in [0.2, 0.25) is 0 Å². The molecule has 0 heterocycles. The van der Waals surface area contributed by atoms with Crippen LogP contribution in [0.5, 0.6) is 0 Å². The first kappa shape index (κ1) is 37.3. The van der Waals surface area contributed by atoms with Crippen molar-refractivity contribution in [2.75, 3.05) is 4.90 Å². The lowest BCUT2D eigenvalue weighted by molar-refractivity contribution is 0.660. The van der Waals surface area contributed by atoms with E-state index in [9.17, 15) is 0 Å². The third kappa shape index (κ3) is 6.69. The normalized spacial score (nSPS) is 12.5. The van der Waals surface area contributed by atoms with Gasteiger partial charge in [-0.15, -0.1) is 0 Å². The highest BCUT2D eigenvalue weighted by atomic mass is 15.1. The number of rotatable bonds is 8. The van der Waals surface area contributed by atoms with Crippen LogP contribution in [0, 0.1) is 0 Å². The number of anilines is 3. The molecule has 0 aliphatic heterocycles. The van der Waals surface area contributed by atoms with E-state index in [1.165, 1.54) is 88.7 Å². The van der Waals surface area contributed by atoms with E-state index in [0.717, 1.165) is 17.1 Å². The molecule has 0 atom stereocenters. The van der Waals surface area contributed by atoms with Gasteiger partial charge in [-0.3, -0.25) is 0 Å². The molecule has 0 radical (unpaired) electrons. The van der Waals surface area contributed by atoms with E-state index >= 15 is 0 Å². The maximum atomic E-state index is 2.38.